The summed E-state index contributed by atoms with van der Waals surface area (Å²) in [6, 6.07) is 13.4. The fourth-order valence-corrected chi connectivity index (χ4v) is 1.84. The summed E-state index contributed by atoms with van der Waals surface area (Å²) in [5, 5.41) is 0.733. The molecule has 0 saturated carbocycles. The van der Waals surface area contributed by atoms with Crippen molar-refractivity contribution in [2.75, 3.05) is 0 Å². The van der Waals surface area contributed by atoms with Gasteiger partial charge in [-0.2, -0.15) is 0 Å². The third-order valence-corrected chi connectivity index (χ3v) is 2.73. The molecule has 24 heavy (non-hydrogen) atoms. The Balaban J connectivity index is 0.000000240. The fourth-order valence-electron chi connectivity index (χ4n) is 1.71. The van der Waals surface area contributed by atoms with Gasteiger partial charge >= 0.3 is 0 Å². The molecule has 0 aliphatic carbocycles. The Morgan fingerprint density at radius 2 is 1.00 bits per heavy atom. The molecule has 132 valence electrons. The standard InChI is InChI=1S/C10H13ClO.C10H13FO/c2*1-10(2,3)12-9-6-4-8(11)5-7-9/h2*4-7H,1-3H3. The first kappa shape index (κ1) is 20.3. The van der Waals surface area contributed by atoms with E-state index in [0.717, 1.165) is 10.8 Å². The largest absolute Gasteiger partial charge is 0.488 e. The molecule has 0 bridgehead atoms. The summed E-state index contributed by atoms with van der Waals surface area (Å²) in [5.41, 5.74) is -0.369. The van der Waals surface area contributed by atoms with E-state index in [0.29, 0.717) is 5.75 Å². The van der Waals surface area contributed by atoms with Crippen molar-refractivity contribution in [3.8, 4) is 11.5 Å². The Morgan fingerprint density at radius 1 is 0.667 bits per heavy atom. The summed E-state index contributed by atoms with van der Waals surface area (Å²) in [5.74, 6) is 1.31. The summed E-state index contributed by atoms with van der Waals surface area (Å²) in [6.45, 7) is 11.9. The zero-order valence-electron chi connectivity index (χ0n) is 15.2. The van der Waals surface area contributed by atoms with Crippen LogP contribution in [0.3, 0.4) is 0 Å². The third kappa shape index (κ3) is 9.41. The lowest BCUT2D eigenvalue weighted by molar-refractivity contribution is 0.130. The topological polar surface area (TPSA) is 18.5 Å². The van der Waals surface area contributed by atoms with E-state index < -0.39 is 0 Å². The first-order chi connectivity index (χ1) is 10.9. The SMILES string of the molecule is CC(C)(C)Oc1ccc(Cl)cc1.CC(C)(C)Oc1ccc(F)cc1. The van der Waals surface area contributed by atoms with Crippen LogP contribution in [0, 0.1) is 5.82 Å². The summed E-state index contributed by atoms with van der Waals surface area (Å²) in [7, 11) is 0. The Bertz CT molecular complexity index is 551. The van der Waals surface area contributed by atoms with Gasteiger partial charge in [-0.15, -0.1) is 0 Å². The van der Waals surface area contributed by atoms with Gasteiger partial charge in [-0.05, 0) is 90.1 Å². The Morgan fingerprint density at radius 3 is 1.33 bits per heavy atom. The predicted octanol–water partition coefficient (Wildman–Crippen LogP) is 6.52. The summed E-state index contributed by atoms with van der Waals surface area (Å²) < 4.78 is 23.6. The Hall–Kier alpha value is -1.74. The maximum atomic E-state index is 12.5. The van der Waals surface area contributed by atoms with E-state index in [1.807, 2.05) is 65.8 Å². The fraction of sp³-hybridized carbons (Fsp3) is 0.400. The highest BCUT2D eigenvalue weighted by Gasteiger charge is 2.11. The molecular formula is C20H26ClFO2. The van der Waals surface area contributed by atoms with E-state index in [4.69, 9.17) is 21.1 Å². The Labute approximate surface area is 149 Å². The van der Waals surface area contributed by atoms with Gasteiger partial charge in [0, 0.05) is 5.02 Å². The number of halogens is 2. The average Bonchev–Trinajstić information content (AvgIpc) is 2.42. The van der Waals surface area contributed by atoms with Crippen molar-refractivity contribution in [1.29, 1.82) is 0 Å². The van der Waals surface area contributed by atoms with Crippen molar-refractivity contribution < 1.29 is 13.9 Å². The van der Waals surface area contributed by atoms with Crippen molar-refractivity contribution in [3.63, 3.8) is 0 Å². The molecule has 0 saturated heterocycles. The average molecular weight is 353 g/mol. The number of benzene rings is 2. The third-order valence-electron chi connectivity index (χ3n) is 2.48. The van der Waals surface area contributed by atoms with Crippen LogP contribution in [0.1, 0.15) is 41.5 Å². The maximum Gasteiger partial charge on any atom is 0.123 e. The van der Waals surface area contributed by atoms with Gasteiger partial charge in [0.2, 0.25) is 0 Å². The maximum absolute atomic E-state index is 12.5. The molecule has 0 aliphatic heterocycles. The van der Waals surface area contributed by atoms with Crippen LogP contribution in [0.2, 0.25) is 5.02 Å². The molecule has 0 aliphatic rings. The van der Waals surface area contributed by atoms with Gasteiger partial charge in [0.25, 0.3) is 0 Å². The molecule has 0 unspecified atom stereocenters. The van der Waals surface area contributed by atoms with Crippen LogP contribution < -0.4 is 9.47 Å². The van der Waals surface area contributed by atoms with E-state index in [1.54, 1.807) is 12.1 Å². The molecular weight excluding hydrogens is 327 g/mol. The normalized spacial score (nSPS) is 11.3. The summed E-state index contributed by atoms with van der Waals surface area (Å²) >= 11 is 5.73. The Kier molecular flexibility index (Phi) is 7.09. The van der Waals surface area contributed by atoms with Crippen LogP contribution in [-0.2, 0) is 0 Å². The van der Waals surface area contributed by atoms with Gasteiger partial charge in [-0.25, -0.2) is 4.39 Å². The van der Waals surface area contributed by atoms with Crippen molar-refractivity contribution in [1.82, 2.24) is 0 Å². The predicted molar refractivity (Wildman–Crippen MR) is 98.6 cm³/mol. The van der Waals surface area contributed by atoms with Crippen LogP contribution in [-0.4, -0.2) is 11.2 Å². The minimum atomic E-state index is -0.240. The lowest BCUT2D eigenvalue weighted by Crippen LogP contribution is -2.22. The second-order valence-electron chi connectivity index (χ2n) is 7.34. The second-order valence-corrected chi connectivity index (χ2v) is 7.77. The van der Waals surface area contributed by atoms with Crippen LogP contribution in [0.5, 0.6) is 11.5 Å². The summed E-state index contributed by atoms with van der Waals surface area (Å²) in [6.07, 6.45) is 0. The van der Waals surface area contributed by atoms with Crippen molar-refractivity contribution in [2.24, 2.45) is 0 Å². The van der Waals surface area contributed by atoms with Crippen LogP contribution in [0.4, 0.5) is 4.39 Å². The first-order valence-electron chi connectivity index (χ1n) is 7.84. The minimum absolute atomic E-state index is 0.145. The number of rotatable bonds is 2. The van der Waals surface area contributed by atoms with Gasteiger partial charge in [0.1, 0.15) is 28.5 Å². The van der Waals surface area contributed by atoms with E-state index in [-0.39, 0.29) is 17.0 Å². The lowest BCUT2D eigenvalue weighted by atomic mass is 10.2. The van der Waals surface area contributed by atoms with E-state index in [9.17, 15) is 4.39 Å². The van der Waals surface area contributed by atoms with E-state index in [2.05, 4.69) is 0 Å². The van der Waals surface area contributed by atoms with Crippen LogP contribution >= 0.6 is 11.6 Å². The minimum Gasteiger partial charge on any atom is -0.488 e. The smallest absolute Gasteiger partial charge is 0.123 e. The summed E-state index contributed by atoms with van der Waals surface area (Å²) in [4.78, 5) is 0. The number of ether oxygens (including phenoxy) is 2. The van der Waals surface area contributed by atoms with Gasteiger partial charge in [0.15, 0.2) is 0 Å². The number of hydrogen-bond donors (Lipinski definition) is 0. The quantitative estimate of drug-likeness (QED) is 0.612. The van der Waals surface area contributed by atoms with Crippen molar-refractivity contribution in [3.05, 3.63) is 59.4 Å². The highest BCUT2D eigenvalue weighted by molar-refractivity contribution is 6.30. The molecule has 2 aromatic rings. The highest BCUT2D eigenvalue weighted by Crippen LogP contribution is 2.20. The van der Waals surface area contributed by atoms with Gasteiger partial charge < -0.3 is 9.47 Å². The molecule has 4 heteroatoms. The monoisotopic (exact) mass is 352 g/mol. The lowest BCUT2D eigenvalue weighted by Gasteiger charge is -2.21. The molecule has 2 rings (SSSR count). The molecule has 0 radical (unpaired) electrons. The highest BCUT2D eigenvalue weighted by atomic mass is 35.5. The zero-order valence-corrected chi connectivity index (χ0v) is 15.9. The van der Waals surface area contributed by atoms with Crippen LogP contribution in [0.25, 0.3) is 0 Å². The van der Waals surface area contributed by atoms with Crippen molar-refractivity contribution >= 4 is 11.6 Å². The van der Waals surface area contributed by atoms with Gasteiger partial charge in [0.05, 0.1) is 0 Å². The van der Waals surface area contributed by atoms with Crippen LogP contribution in [0.15, 0.2) is 48.5 Å². The number of hydrogen-bond acceptors (Lipinski definition) is 2. The zero-order chi connectivity index (χ0) is 18.4. The molecule has 0 aromatic heterocycles. The second kappa shape index (κ2) is 8.39. The molecule has 2 nitrogen and oxygen atoms in total. The molecule has 0 atom stereocenters. The van der Waals surface area contributed by atoms with Gasteiger partial charge in [-0.1, -0.05) is 11.6 Å². The van der Waals surface area contributed by atoms with E-state index >= 15 is 0 Å². The molecule has 0 amide bonds. The molecule has 2 aromatic carbocycles. The van der Waals surface area contributed by atoms with E-state index in [1.165, 1.54) is 12.1 Å². The van der Waals surface area contributed by atoms with Crippen molar-refractivity contribution in [2.45, 2.75) is 52.7 Å². The first-order valence-corrected chi connectivity index (χ1v) is 8.22. The molecule has 0 spiro atoms. The molecule has 0 N–H and O–H groups in total. The van der Waals surface area contributed by atoms with Gasteiger partial charge in [-0.3, -0.25) is 0 Å². The molecule has 0 heterocycles. The molecule has 0 fully saturated rings.